The second kappa shape index (κ2) is 6.46. The van der Waals surface area contributed by atoms with Crippen LogP contribution in [0.5, 0.6) is 5.75 Å². The number of halogens is 2. The Morgan fingerprint density at radius 3 is 2.90 bits per heavy atom. The zero-order valence-electron chi connectivity index (χ0n) is 11.8. The monoisotopic (exact) mass is 369 g/mol. The van der Waals surface area contributed by atoms with Gasteiger partial charge in [0.2, 0.25) is 0 Å². The SMILES string of the molecule is Cc1sc(CNC2CC2)cc1COc1ccc(F)cc1Br. The highest BCUT2D eigenvalue weighted by molar-refractivity contribution is 9.10. The summed E-state index contributed by atoms with van der Waals surface area (Å²) in [6.07, 6.45) is 2.61. The summed E-state index contributed by atoms with van der Waals surface area (Å²) in [5.41, 5.74) is 1.20. The number of hydrogen-bond acceptors (Lipinski definition) is 3. The molecule has 1 saturated carbocycles. The molecule has 1 heterocycles. The van der Waals surface area contributed by atoms with Crippen LogP contribution in [0.4, 0.5) is 4.39 Å². The summed E-state index contributed by atoms with van der Waals surface area (Å²) in [7, 11) is 0. The van der Waals surface area contributed by atoms with E-state index in [9.17, 15) is 4.39 Å². The summed E-state index contributed by atoms with van der Waals surface area (Å²) >= 11 is 5.13. The fraction of sp³-hybridized carbons (Fsp3) is 0.375. The average molecular weight is 370 g/mol. The van der Waals surface area contributed by atoms with Crippen molar-refractivity contribution in [2.24, 2.45) is 0 Å². The van der Waals surface area contributed by atoms with Crippen molar-refractivity contribution in [2.75, 3.05) is 0 Å². The summed E-state index contributed by atoms with van der Waals surface area (Å²) in [6, 6.07) is 7.40. The lowest BCUT2D eigenvalue weighted by molar-refractivity contribution is 0.303. The molecular weight excluding hydrogens is 353 g/mol. The predicted molar refractivity (Wildman–Crippen MR) is 87.3 cm³/mol. The van der Waals surface area contributed by atoms with Crippen LogP contribution in [0.25, 0.3) is 0 Å². The lowest BCUT2D eigenvalue weighted by atomic mass is 10.2. The van der Waals surface area contributed by atoms with Crippen LogP contribution in [-0.2, 0) is 13.2 Å². The smallest absolute Gasteiger partial charge is 0.134 e. The van der Waals surface area contributed by atoms with Crippen LogP contribution in [0.2, 0.25) is 0 Å². The molecule has 1 N–H and O–H groups in total. The summed E-state index contributed by atoms with van der Waals surface area (Å²) in [5, 5.41) is 3.52. The van der Waals surface area contributed by atoms with Crippen LogP contribution in [0.3, 0.4) is 0 Å². The van der Waals surface area contributed by atoms with Crippen molar-refractivity contribution in [3.05, 3.63) is 49.9 Å². The van der Waals surface area contributed by atoms with E-state index in [1.165, 1.54) is 40.3 Å². The largest absolute Gasteiger partial charge is 0.488 e. The van der Waals surface area contributed by atoms with E-state index in [0.717, 1.165) is 12.6 Å². The molecule has 5 heteroatoms. The molecular formula is C16H17BrFNOS. The first-order chi connectivity index (χ1) is 10.1. The quantitative estimate of drug-likeness (QED) is 0.790. The lowest BCUT2D eigenvalue weighted by Gasteiger charge is -2.07. The Hall–Kier alpha value is -0.910. The maximum absolute atomic E-state index is 13.0. The zero-order chi connectivity index (χ0) is 14.8. The van der Waals surface area contributed by atoms with Gasteiger partial charge in [-0.25, -0.2) is 4.39 Å². The third-order valence-corrected chi connectivity index (χ3v) is 5.20. The van der Waals surface area contributed by atoms with Crippen molar-refractivity contribution in [3.63, 3.8) is 0 Å². The highest BCUT2D eigenvalue weighted by atomic mass is 79.9. The molecule has 0 saturated heterocycles. The summed E-state index contributed by atoms with van der Waals surface area (Å²) in [6.45, 7) is 3.57. The Kier molecular flexibility index (Phi) is 4.62. The van der Waals surface area contributed by atoms with Crippen molar-refractivity contribution < 1.29 is 9.13 Å². The maximum Gasteiger partial charge on any atom is 0.134 e. The first-order valence-electron chi connectivity index (χ1n) is 7.01. The molecule has 1 fully saturated rings. The van der Waals surface area contributed by atoms with Gasteiger partial charge < -0.3 is 10.1 Å². The van der Waals surface area contributed by atoms with Crippen LogP contribution < -0.4 is 10.1 Å². The van der Waals surface area contributed by atoms with Gasteiger partial charge in [0.05, 0.1) is 4.47 Å². The number of nitrogens with one attached hydrogen (secondary N) is 1. The third kappa shape index (κ3) is 4.05. The van der Waals surface area contributed by atoms with E-state index in [0.29, 0.717) is 16.8 Å². The van der Waals surface area contributed by atoms with Gasteiger partial charge in [-0.2, -0.15) is 0 Å². The molecule has 21 heavy (non-hydrogen) atoms. The van der Waals surface area contributed by atoms with Gasteiger partial charge >= 0.3 is 0 Å². The number of rotatable bonds is 6. The van der Waals surface area contributed by atoms with E-state index in [-0.39, 0.29) is 5.82 Å². The molecule has 112 valence electrons. The normalized spacial score (nSPS) is 14.4. The van der Waals surface area contributed by atoms with Crippen molar-refractivity contribution in [2.45, 2.75) is 39.0 Å². The molecule has 1 aliphatic carbocycles. The number of hydrogen-bond donors (Lipinski definition) is 1. The summed E-state index contributed by atoms with van der Waals surface area (Å²) in [5.74, 6) is 0.397. The Balaban J connectivity index is 1.61. The van der Waals surface area contributed by atoms with Gasteiger partial charge in [-0.15, -0.1) is 11.3 Å². The van der Waals surface area contributed by atoms with Gasteiger partial charge in [0.15, 0.2) is 0 Å². The average Bonchev–Trinajstić information content (AvgIpc) is 3.20. The molecule has 2 aromatic rings. The van der Waals surface area contributed by atoms with Gasteiger partial charge in [0.25, 0.3) is 0 Å². The van der Waals surface area contributed by atoms with E-state index < -0.39 is 0 Å². The second-order valence-electron chi connectivity index (χ2n) is 5.31. The lowest BCUT2D eigenvalue weighted by Crippen LogP contribution is -2.14. The minimum Gasteiger partial charge on any atom is -0.488 e. The molecule has 0 atom stereocenters. The van der Waals surface area contributed by atoms with Crippen LogP contribution >= 0.6 is 27.3 Å². The number of benzene rings is 1. The number of thiophene rings is 1. The Morgan fingerprint density at radius 1 is 1.38 bits per heavy atom. The number of aryl methyl sites for hydroxylation is 1. The Morgan fingerprint density at radius 2 is 2.19 bits per heavy atom. The van der Waals surface area contributed by atoms with Crippen LogP contribution in [0.15, 0.2) is 28.7 Å². The maximum atomic E-state index is 13.0. The van der Waals surface area contributed by atoms with Crippen molar-refractivity contribution in [1.29, 1.82) is 0 Å². The fourth-order valence-electron chi connectivity index (χ4n) is 2.10. The van der Waals surface area contributed by atoms with Crippen LogP contribution in [0.1, 0.15) is 28.2 Å². The van der Waals surface area contributed by atoms with Gasteiger partial charge in [0.1, 0.15) is 18.2 Å². The van der Waals surface area contributed by atoms with E-state index in [2.05, 4.69) is 34.2 Å². The molecule has 0 radical (unpaired) electrons. The standard InChI is InChI=1S/C16H17BrFNOS/c1-10-11(6-14(21-10)8-19-13-3-4-13)9-20-16-5-2-12(18)7-15(16)17/h2,5-7,13,19H,3-4,8-9H2,1H3. The van der Waals surface area contributed by atoms with Crippen molar-refractivity contribution in [3.8, 4) is 5.75 Å². The van der Waals surface area contributed by atoms with E-state index in [1.807, 2.05) is 11.3 Å². The van der Waals surface area contributed by atoms with Crippen molar-refractivity contribution in [1.82, 2.24) is 5.32 Å². The zero-order valence-corrected chi connectivity index (χ0v) is 14.2. The molecule has 0 spiro atoms. The van der Waals surface area contributed by atoms with Crippen LogP contribution in [0, 0.1) is 12.7 Å². The molecule has 3 rings (SSSR count). The Labute approximate surface area is 136 Å². The van der Waals surface area contributed by atoms with Gasteiger partial charge in [-0.3, -0.25) is 0 Å². The topological polar surface area (TPSA) is 21.3 Å². The van der Waals surface area contributed by atoms with Gasteiger partial charge in [0, 0.05) is 27.9 Å². The molecule has 1 aromatic heterocycles. The highest BCUT2D eigenvalue weighted by Crippen LogP contribution is 2.28. The molecule has 1 aliphatic rings. The fourth-order valence-corrected chi connectivity index (χ4v) is 3.56. The van der Waals surface area contributed by atoms with E-state index in [1.54, 1.807) is 6.07 Å². The second-order valence-corrected chi connectivity index (χ2v) is 7.51. The molecule has 1 aromatic carbocycles. The minimum atomic E-state index is -0.269. The Bertz CT molecular complexity index is 639. The number of ether oxygens (including phenoxy) is 1. The summed E-state index contributed by atoms with van der Waals surface area (Å²) in [4.78, 5) is 2.62. The molecule has 2 nitrogen and oxygen atoms in total. The highest BCUT2D eigenvalue weighted by Gasteiger charge is 2.20. The molecule has 0 unspecified atom stereocenters. The minimum absolute atomic E-state index is 0.269. The van der Waals surface area contributed by atoms with E-state index >= 15 is 0 Å². The predicted octanol–water partition coefficient (Wildman–Crippen LogP) is 4.79. The van der Waals surface area contributed by atoms with Gasteiger partial charge in [-0.05, 0) is 60.0 Å². The molecule has 0 bridgehead atoms. The van der Waals surface area contributed by atoms with Crippen molar-refractivity contribution >= 4 is 27.3 Å². The molecule has 0 aliphatic heterocycles. The van der Waals surface area contributed by atoms with Gasteiger partial charge in [-0.1, -0.05) is 0 Å². The summed E-state index contributed by atoms with van der Waals surface area (Å²) < 4.78 is 19.5. The van der Waals surface area contributed by atoms with E-state index in [4.69, 9.17) is 4.74 Å². The first-order valence-corrected chi connectivity index (χ1v) is 8.62. The molecule has 0 amide bonds. The first kappa shape index (κ1) is 15.0. The third-order valence-electron chi connectivity index (χ3n) is 3.49. The van der Waals surface area contributed by atoms with Crippen LogP contribution in [-0.4, -0.2) is 6.04 Å².